The third-order valence-corrected chi connectivity index (χ3v) is 3.83. The number of piperidine rings is 1. The van der Waals surface area contributed by atoms with Crippen LogP contribution in [0.4, 0.5) is 0 Å². The summed E-state index contributed by atoms with van der Waals surface area (Å²) in [6, 6.07) is 12.1. The molecule has 0 bridgehead atoms. The molecular formula is C14H22N2. The molecule has 0 amide bonds. The molecule has 2 rings (SSSR count). The third kappa shape index (κ3) is 2.45. The van der Waals surface area contributed by atoms with Crippen molar-refractivity contribution >= 4 is 0 Å². The van der Waals surface area contributed by atoms with Gasteiger partial charge >= 0.3 is 0 Å². The maximum atomic E-state index is 6.14. The van der Waals surface area contributed by atoms with Gasteiger partial charge in [-0.05, 0) is 32.3 Å². The van der Waals surface area contributed by atoms with Gasteiger partial charge in [-0.3, -0.25) is 4.90 Å². The van der Waals surface area contributed by atoms with Gasteiger partial charge < -0.3 is 5.73 Å². The first-order chi connectivity index (χ1) is 7.68. The van der Waals surface area contributed by atoms with Gasteiger partial charge in [0.15, 0.2) is 0 Å². The smallest absolute Gasteiger partial charge is 0.0240 e. The first-order valence-corrected chi connectivity index (χ1v) is 6.23. The van der Waals surface area contributed by atoms with E-state index in [1.807, 2.05) is 0 Å². The second kappa shape index (κ2) is 4.98. The fourth-order valence-corrected chi connectivity index (χ4v) is 2.58. The Morgan fingerprint density at radius 2 is 1.88 bits per heavy atom. The van der Waals surface area contributed by atoms with Gasteiger partial charge in [0.05, 0.1) is 0 Å². The van der Waals surface area contributed by atoms with Crippen LogP contribution in [0, 0.1) is 0 Å². The van der Waals surface area contributed by atoms with E-state index in [9.17, 15) is 0 Å². The number of rotatable bonds is 2. The molecule has 1 aromatic rings. The molecule has 0 aliphatic carbocycles. The Hall–Kier alpha value is -0.860. The van der Waals surface area contributed by atoms with Crippen molar-refractivity contribution < 1.29 is 0 Å². The van der Waals surface area contributed by atoms with E-state index in [1.54, 1.807) is 0 Å². The highest BCUT2D eigenvalue weighted by Gasteiger charge is 2.29. The lowest BCUT2D eigenvalue weighted by atomic mass is 9.92. The van der Waals surface area contributed by atoms with E-state index >= 15 is 0 Å². The maximum absolute atomic E-state index is 6.14. The van der Waals surface area contributed by atoms with Crippen LogP contribution in [0.1, 0.15) is 32.3 Å². The van der Waals surface area contributed by atoms with E-state index in [4.69, 9.17) is 5.73 Å². The minimum atomic E-state index is 0.333. The van der Waals surface area contributed by atoms with E-state index in [-0.39, 0.29) is 0 Å². The van der Waals surface area contributed by atoms with Crippen LogP contribution < -0.4 is 5.73 Å². The Kier molecular flexibility index (Phi) is 3.62. The fraction of sp³-hybridized carbons (Fsp3) is 0.571. The first-order valence-electron chi connectivity index (χ1n) is 6.23. The van der Waals surface area contributed by atoms with Crippen molar-refractivity contribution in [2.45, 2.75) is 51.4 Å². The zero-order chi connectivity index (χ0) is 11.5. The molecule has 0 radical (unpaired) electrons. The summed E-state index contributed by atoms with van der Waals surface area (Å²) < 4.78 is 0. The number of nitrogens with zero attached hydrogens (tertiary/aromatic N) is 1. The molecule has 1 saturated heterocycles. The molecule has 88 valence electrons. The number of nitrogens with two attached hydrogens (primary N) is 1. The van der Waals surface area contributed by atoms with Gasteiger partial charge in [0.2, 0.25) is 0 Å². The van der Waals surface area contributed by atoms with E-state index < -0.39 is 0 Å². The summed E-state index contributed by atoms with van der Waals surface area (Å²) in [5, 5.41) is 0. The molecule has 1 aliphatic heterocycles. The van der Waals surface area contributed by atoms with Gasteiger partial charge in [0.25, 0.3) is 0 Å². The van der Waals surface area contributed by atoms with E-state index in [1.165, 1.54) is 12.0 Å². The topological polar surface area (TPSA) is 29.3 Å². The van der Waals surface area contributed by atoms with Gasteiger partial charge in [0.1, 0.15) is 0 Å². The molecule has 2 nitrogen and oxygen atoms in total. The molecule has 1 heterocycles. The molecule has 1 aliphatic rings. The highest BCUT2D eigenvalue weighted by molar-refractivity contribution is 5.15. The van der Waals surface area contributed by atoms with E-state index in [0.717, 1.165) is 13.0 Å². The standard InChI is InChI=1S/C14H22N2/c1-11-8-9-14(15)12(2)16(11)10-13-6-4-3-5-7-13/h3-7,11-12,14H,8-10,15H2,1-2H3. The van der Waals surface area contributed by atoms with E-state index in [2.05, 4.69) is 49.1 Å². The number of hydrogen-bond donors (Lipinski definition) is 1. The summed E-state index contributed by atoms with van der Waals surface area (Å²) in [6.45, 7) is 5.59. The summed E-state index contributed by atoms with van der Waals surface area (Å²) in [5.41, 5.74) is 7.53. The molecule has 3 unspecified atom stereocenters. The molecule has 2 heteroatoms. The van der Waals surface area contributed by atoms with Gasteiger partial charge in [0, 0.05) is 24.7 Å². The van der Waals surface area contributed by atoms with Crippen LogP contribution in [0.3, 0.4) is 0 Å². The summed E-state index contributed by atoms with van der Waals surface area (Å²) in [4.78, 5) is 2.53. The second-order valence-corrected chi connectivity index (χ2v) is 4.99. The zero-order valence-electron chi connectivity index (χ0n) is 10.3. The minimum Gasteiger partial charge on any atom is -0.326 e. The monoisotopic (exact) mass is 218 g/mol. The predicted octanol–water partition coefficient (Wildman–Crippen LogP) is 2.39. The highest BCUT2D eigenvalue weighted by Crippen LogP contribution is 2.23. The Balaban J connectivity index is 2.07. The van der Waals surface area contributed by atoms with Crippen LogP contribution in [-0.2, 0) is 6.54 Å². The SMILES string of the molecule is CC1CCC(N)C(C)N1Cc1ccccc1. The van der Waals surface area contributed by atoms with Crippen LogP contribution in [0.2, 0.25) is 0 Å². The second-order valence-electron chi connectivity index (χ2n) is 4.99. The van der Waals surface area contributed by atoms with Gasteiger partial charge in [-0.15, -0.1) is 0 Å². The predicted molar refractivity (Wildman–Crippen MR) is 68.1 cm³/mol. The molecular weight excluding hydrogens is 196 g/mol. The summed E-state index contributed by atoms with van der Waals surface area (Å²) in [5.74, 6) is 0. The first kappa shape index (κ1) is 11.6. The molecule has 16 heavy (non-hydrogen) atoms. The average molecular weight is 218 g/mol. The van der Waals surface area contributed by atoms with Gasteiger partial charge in [-0.1, -0.05) is 30.3 Å². The molecule has 0 saturated carbocycles. The lowest BCUT2D eigenvalue weighted by Gasteiger charge is -2.42. The van der Waals surface area contributed by atoms with Crippen molar-refractivity contribution in [2.24, 2.45) is 5.73 Å². The average Bonchev–Trinajstić information content (AvgIpc) is 2.31. The largest absolute Gasteiger partial charge is 0.326 e. The number of likely N-dealkylation sites (tertiary alicyclic amines) is 1. The number of hydrogen-bond acceptors (Lipinski definition) is 2. The van der Waals surface area contributed by atoms with Crippen LogP contribution in [0.5, 0.6) is 0 Å². The Morgan fingerprint density at radius 3 is 2.56 bits per heavy atom. The van der Waals surface area contributed by atoms with Crippen molar-refractivity contribution in [2.75, 3.05) is 0 Å². The van der Waals surface area contributed by atoms with Crippen LogP contribution in [0.25, 0.3) is 0 Å². The lowest BCUT2D eigenvalue weighted by molar-refractivity contribution is 0.0795. The third-order valence-electron chi connectivity index (χ3n) is 3.83. The van der Waals surface area contributed by atoms with Crippen molar-refractivity contribution in [1.29, 1.82) is 0 Å². The summed E-state index contributed by atoms with van der Waals surface area (Å²) in [7, 11) is 0. The summed E-state index contributed by atoms with van der Waals surface area (Å²) >= 11 is 0. The quantitative estimate of drug-likeness (QED) is 0.826. The Morgan fingerprint density at radius 1 is 1.19 bits per heavy atom. The Labute approximate surface area is 98.4 Å². The van der Waals surface area contributed by atoms with Crippen molar-refractivity contribution in [3.63, 3.8) is 0 Å². The molecule has 2 N–H and O–H groups in total. The van der Waals surface area contributed by atoms with Gasteiger partial charge in [-0.2, -0.15) is 0 Å². The van der Waals surface area contributed by atoms with Crippen molar-refractivity contribution in [3.05, 3.63) is 35.9 Å². The van der Waals surface area contributed by atoms with Crippen molar-refractivity contribution in [1.82, 2.24) is 4.90 Å². The summed E-state index contributed by atoms with van der Waals surface area (Å²) in [6.07, 6.45) is 2.38. The maximum Gasteiger partial charge on any atom is 0.0240 e. The Bertz CT molecular complexity index is 323. The van der Waals surface area contributed by atoms with Crippen molar-refractivity contribution in [3.8, 4) is 0 Å². The highest BCUT2D eigenvalue weighted by atomic mass is 15.2. The van der Waals surface area contributed by atoms with Crippen LogP contribution in [-0.4, -0.2) is 23.0 Å². The van der Waals surface area contributed by atoms with Crippen LogP contribution >= 0.6 is 0 Å². The molecule has 3 atom stereocenters. The molecule has 1 fully saturated rings. The minimum absolute atomic E-state index is 0.333. The normalized spacial score (nSPS) is 31.6. The molecule has 0 aromatic heterocycles. The lowest BCUT2D eigenvalue weighted by Crippen LogP contribution is -2.53. The molecule has 1 aromatic carbocycles. The number of benzene rings is 1. The fourth-order valence-electron chi connectivity index (χ4n) is 2.58. The zero-order valence-corrected chi connectivity index (χ0v) is 10.3. The van der Waals surface area contributed by atoms with Crippen LogP contribution in [0.15, 0.2) is 30.3 Å². The molecule has 0 spiro atoms. The van der Waals surface area contributed by atoms with Gasteiger partial charge in [-0.25, -0.2) is 0 Å². The van der Waals surface area contributed by atoms with E-state index in [0.29, 0.717) is 18.1 Å².